The quantitative estimate of drug-likeness (QED) is 0.883. The lowest BCUT2D eigenvalue weighted by Gasteiger charge is -2.27. The number of likely N-dealkylation sites (N-methyl/N-ethyl adjacent to an activating group) is 1. The van der Waals surface area contributed by atoms with Crippen LogP contribution in [0.1, 0.15) is 16.7 Å². The first kappa shape index (κ1) is 14.1. The van der Waals surface area contributed by atoms with Crippen molar-refractivity contribution in [1.82, 2.24) is 5.32 Å². The molecular weight excluding hydrogens is 260 g/mol. The summed E-state index contributed by atoms with van der Waals surface area (Å²) in [6.07, 6.45) is 1.000. The molecular formula is C18H22N2O. The lowest BCUT2D eigenvalue weighted by Crippen LogP contribution is -2.38. The summed E-state index contributed by atoms with van der Waals surface area (Å²) < 4.78 is 0. The zero-order valence-electron chi connectivity index (χ0n) is 12.4. The predicted octanol–water partition coefficient (Wildman–Crippen LogP) is 2.33. The van der Waals surface area contributed by atoms with Crippen LogP contribution in [0.15, 0.2) is 48.5 Å². The van der Waals surface area contributed by atoms with Gasteiger partial charge >= 0.3 is 0 Å². The summed E-state index contributed by atoms with van der Waals surface area (Å²) in [5.41, 5.74) is 4.95. The third kappa shape index (κ3) is 2.80. The molecule has 0 saturated heterocycles. The Morgan fingerprint density at radius 3 is 2.67 bits per heavy atom. The summed E-state index contributed by atoms with van der Waals surface area (Å²) in [6, 6.07) is 17.3. The second-order valence-electron chi connectivity index (χ2n) is 5.60. The van der Waals surface area contributed by atoms with Crippen LogP contribution in [-0.2, 0) is 19.6 Å². The van der Waals surface area contributed by atoms with Crippen LogP contribution in [0.5, 0.6) is 0 Å². The Morgan fingerprint density at radius 2 is 1.95 bits per heavy atom. The van der Waals surface area contributed by atoms with Crippen molar-refractivity contribution in [3.8, 4) is 0 Å². The molecule has 0 bridgehead atoms. The number of hydrogen-bond donors (Lipinski definition) is 2. The first-order valence-electron chi connectivity index (χ1n) is 7.50. The Balaban J connectivity index is 1.93. The Labute approximate surface area is 126 Å². The molecule has 0 amide bonds. The molecule has 3 rings (SSSR count). The maximum Gasteiger partial charge on any atom is 0.0685 e. The zero-order valence-corrected chi connectivity index (χ0v) is 12.4. The summed E-state index contributed by atoms with van der Waals surface area (Å²) in [6.45, 7) is 1.98. The molecule has 1 aliphatic heterocycles. The largest absolute Gasteiger partial charge is 0.392 e. The second kappa shape index (κ2) is 6.29. The minimum Gasteiger partial charge on any atom is -0.392 e. The molecule has 2 N–H and O–H groups in total. The molecule has 0 fully saturated rings. The highest BCUT2D eigenvalue weighted by Gasteiger charge is 2.30. The van der Waals surface area contributed by atoms with Crippen LogP contribution in [0.2, 0.25) is 0 Å². The minimum atomic E-state index is 0.120. The minimum absolute atomic E-state index is 0.120. The van der Waals surface area contributed by atoms with E-state index in [4.69, 9.17) is 0 Å². The van der Waals surface area contributed by atoms with E-state index in [2.05, 4.69) is 46.6 Å². The number of nitrogens with zero attached hydrogens (tertiary/aromatic N) is 1. The van der Waals surface area contributed by atoms with Gasteiger partial charge in [-0.25, -0.2) is 0 Å². The van der Waals surface area contributed by atoms with Crippen molar-refractivity contribution in [2.24, 2.45) is 0 Å². The van der Waals surface area contributed by atoms with Gasteiger partial charge in [0, 0.05) is 24.8 Å². The van der Waals surface area contributed by atoms with Gasteiger partial charge in [0.25, 0.3) is 0 Å². The van der Waals surface area contributed by atoms with Gasteiger partial charge in [0.15, 0.2) is 0 Å². The summed E-state index contributed by atoms with van der Waals surface area (Å²) in [7, 11) is 2.00. The maximum absolute atomic E-state index is 9.56. The van der Waals surface area contributed by atoms with Gasteiger partial charge in [-0.15, -0.1) is 0 Å². The second-order valence-corrected chi connectivity index (χ2v) is 5.60. The first-order chi connectivity index (χ1) is 10.3. The number of rotatable bonds is 5. The molecule has 110 valence electrons. The molecule has 0 radical (unpaired) electrons. The zero-order chi connectivity index (χ0) is 14.7. The SMILES string of the molecule is CNCC1Cc2c(CO)cccc2N1Cc1ccccc1. The molecule has 3 heteroatoms. The first-order valence-corrected chi connectivity index (χ1v) is 7.50. The lowest BCUT2D eigenvalue weighted by atomic mass is 10.0. The summed E-state index contributed by atoms with van der Waals surface area (Å²) in [4.78, 5) is 2.46. The van der Waals surface area contributed by atoms with E-state index in [1.54, 1.807) is 0 Å². The van der Waals surface area contributed by atoms with E-state index < -0.39 is 0 Å². The van der Waals surface area contributed by atoms with Crippen LogP contribution in [0.25, 0.3) is 0 Å². The third-order valence-corrected chi connectivity index (χ3v) is 4.24. The molecule has 0 saturated carbocycles. The summed E-state index contributed by atoms with van der Waals surface area (Å²) >= 11 is 0. The number of anilines is 1. The van der Waals surface area contributed by atoms with Gasteiger partial charge in [0.05, 0.1) is 6.61 Å². The molecule has 0 spiro atoms. The van der Waals surface area contributed by atoms with Crippen molar-refractivity contribution < 1.29 is 5.11 Å². The van der Waals surface area contributed by atoms with Gasteiger partial charge in [-0.05, 0) is 36.2 Å². The Morgan fingerprint density at radius 1 is 1.14 bits per heavy atom. The fraction of sp³-hybridized carbons (Fsp3) is 0.333. The number of aliphatic hydroxyl groups is 1. The predicted molar refractivity (Wildman–Crippen MR) is 86.4 cm³/mol. The van der Waals surface area contributed by atoms with Crippen molar-refractivity contribution >= 4 is 5.69 Å². The van der Waals surface area contributed by atoms with Gasteiger partial charge in [0.1, 0.15) is 0 Å². The molecule has 0 aromatic heterocycles. The van der Waals surface area contributed by atoms with Gasteiger partial charge in [0.2, 0.25) is 0 Å². The normalized spacial score (nSPS) is 17.0. The van der Waals surface area contributed by atoms with Gasteiger partial charge < -0.3 is 15.3 Å². The Hall–Kier alpha value is -1.84. The smallest absolute Gasteiger partial charge is 0.0685 e. The van der Waals surface area contributed by atoms with E-state index in [9.17, 15) is 5.11 Å². The maximum atomic E-state index is 9.56. The van der Waals surface area contributed by atoms with Gasteiger partial charge in [-0.1, -0.05) is 42.5 Å². The van der Waals surface area contributed by atoms with Crippen molar-refractivity contribution in [1.29, 1.82) is 0 Å². The van der Waals surface area contributed by atoms with E-state index in [1.165, 1.54) is 16.8 Å². The standard InChI is InChI=1S/C18H22N2O/c1-19-11-16-10-17-15(13-21)8-5-9-18(17)20(16)12-14-6-3-2-4-7-14/h2-9,16,19,21H,10-13H2,1H3. The summed E-state index contributed by atoms with van der Waals surface area (Å²) in [5, 5.41) is 12.9. The highest BCUT2D eigenvalue weighted by atomic mass is 16.3. The van der Waals surface area contributed by atoms with Crippen molar-refractivity contribution in [2.45, 2.75) is 25.6 Å². The van der Waals surface area contributed by atoms with Crippen molar-refractivity contribution in [3.63, 3.8) is 0 Å². The van der Waals surface area contributed by atoms with Crippen LogP contribution >= 0.6 is 0 Å². The molecule has 21 heavy (non-hydrogen) atoms. The summed E-state index contributed by atoms with van der Waals surface area (Å²) in [5.74, 6) is 0. The van der Waals surface area contributed by atoms with Crippen LogP contribution in [0.3, 0.4) is 0 Å². The molecule has 1 aliphatic rings. The van der Waals surface area contributed by atoms with Gasteiger partial charge in [-0.3, -0.25) is 0 Å². The molecule has 1 unspecified atom stereocenters. The average molecular weight is 282 g/mol. The number of benzene rings is 2. The lowest BCUT2D eigenvalue weighted by molar-refractivity contribution is 0.281. The number of hydrogen-bond acceptors (Lipinski definition) is 3. The molecule has 2 aromatic carbocycles. The van der Waals surface area contributed by atoms with Crippen LogP contribution < -0.4 is 10.2 Å². The third-order valence-electron chi connectivity index (χ3n) is 4.24. The monoisotopic (exact) mass is 282 g/mol. The fourth-order valence-corrected chi connectivity index (χ4v) is 3.23. The average Bonchev–Trinajstić information content (AvgIpc) is 2.87. The fourth-order valence-electron chi connectivity index (χ4n) is 3.23. The number of fused-ring (bicyclic) bond motifs is 1. The van der Waals surface area contributed by atoms with Crippen LogP contribution in [-0.4, -0.2) is 24.7 Å². The highest BCUT2D eigenvalue weighted by Crippen LogP contribution is 2.35. The van der Waals surface area contributed by atoms with E-state index >= 15 is 0 Å². The van der Waals surface area contributed by atoms with Crippen LogP contribution in [0, 0.1) is 0 Å². The molecule has 1 atom stereocenters. The van der Waals surface area contributed by atoms with Gasteiger partial charge in [-0.2, -0.15) is 0 Å². The molecule has 3 nitrogen and oxygen atoms in total. The molecule has 1 heterocycles. The van der Waals surface area contributed by atoms with Crippen molar-refractivity contribution in [2.75, 3.05) is 18.5 Å². The highest BCUT2D eigenvalue weighted by molar-refractivity contribution is 5.62. The van der Waals surface area contributed by atoms with E-state index in [0.29, 0.717) is 6.04 Å². The van der Waals surface area contributed by atoms with Crippen LogP contribution in [0.4, 0.5) is 5.69 Å². The Bertz CT molecular complexity index is 597. The number of aliphatic hydroxyl groups excluding tert-OH is 1. The number of nitrogens with one attached hydrogen (secondary N) is 1. The molecule has 2 aromatic rings. The molecule has 0 aliphatic carbocycles. The van der Waals surface area contributed by atoms with E-state index in [-0.39, 0.29) is 6.61 Å². The van der Waals surface area contributed by atoms with E-state index in [0.717, 1.165) is 25.1 Å². The topological polar surface area (TPSA) is 35.5 Å². The Kier molecular flexibility index (Phi) is 4.23. The van der Waals surface area contributed by atoms with E-state index in [1.807, 2.05) is 19.2 Å². The van der Waals surface area contributed by atoms with Crippen molar-refractivity contribution in [3.05, 3.63) is 65.2 Å².